The Labute approximate surface area is 185 Å². The molecule has 5 N–H and O–H groups in total. The van der Waals surface area contributed by atoms with Gasteiger partial charge in [0, 0.05) is 42.9 Å². The van der Waals surface area contributed by atoms with E-state index < -0.39 is 5.54 Å². The lowest BCUT2D eigenvalue weighted by Gasteiger charge is -2.39. The van der Waals surface area contributed by atoms with Crippen LogP contribution in [0.15, 0.2) is 42.9 Å². The highest BCUT2D eigenvalue weighted by molar-refractivity contribution is 6.30. The number of fused-ring (bicyclic) bond motifs is 1. The molecule has 1 amide bonds. The zero-order valence-corrected chi connectivity index (χ0v) is 18.0. The van der Waals surface area contributed by atoms with Gasteiger partial charge in [-0.2, -0.15) is 0 Å². The third kappa shape index (κ3) is 4.98. The number of aromatic nitrogens is 3. The summed E-state index contributed by atoms with van der Waals surface area (Å²) in [6.45, 7) is 1.40. The summed E-state index contributed by atoms with van der Waals surface area (Å²) < 4.78 is 0. The molecule has 1 fully saturated rings. The number of nitrogens with zero attached hydrogens (tertiary/aromatic N) is 3. The number of aromatic amines is 1. The molecule has 8 nitrogen and oxygen atoms in total. The summed E-state index contributed by atoms with van der Waals surface area (Å²) in [5.74, 6) is 0.770. The van der Waals surface area contributed by atoms with Crippen LogP contribution >= 0.6 is 11.6 Å². The van der Waals surface area contributed by atoms with Crippen molar-refractivity contribution in [2.75, 3.05) is 24.6 Å². The van der Waals surface area contributed by atoms with Gasteiger partial charge in [-0.15, -0.1) is 0 Å². The van der Waals surface area contributed by atoms with E-state index in [4.69, 9.17) is 17.3 Å². The van der Waals surface area contributed by atoms with E-state index in [2.05, 4.69) is 25.2 Å². The number of benzene rings is 1. The molecule has 1 aromatic carbocycles. The van der Waals surface area contributed by atoms with Gasteiger partial charge >= 0.3 is 0 Å². The topological polar surface area (TPSA) is 120 Å². The maximum atomic E-state index is 12.8. The number of carbonyl (C=O) groups excluding carboxylic acids is 1. The number of carbonyl (C=O) groups is 1. The highest BCUT2D eigenvalue weighted by atomic mass is 35.5. The molecule has 1 saturated heterocycles. The number of rotatable bonds is 7. The Morgan fingerprint density at radius 2 is 2.13 bits per heavy atom. The van der Waals surface area contributed by atoms with Gasteiger partial charge in [-0.1, -0.05) is 23.7 Å². The number of nitrogens with two attached hydrogens (primary N) is 1. The molecular formula is C22H27ClN6O2. The second-order valence-electron chi connectivity index (χ2n) is 8.15. The van der Waals surface area contributed by atoms with Crippen molar-refractivity contribution in [1.82, 2.24) is 20.3 Å². The summed E-state index contributed by atoms with van der Waals surface area (Å²) >= 11 is 6.09. The Morgan fingerprint density at radius 3 is 2.87 bits per heavy atom. The van der Waals surface area contributed by atoms with Crippen LogP contribution < -0.4 is 16.0 Å². The normalized spacial score (nSPS) is 16.9. The molecule has 9 heteroatoms. The Kier molecular flexibility index (Phi) is 6.41. The number of aliphatic hydroxyl groups excluding tert-OH is 1. The van der Waals surface area contributed by atoms with Crippen molar-refractivity contribution in [1.29, 1.82) is 0 Å². The summed E-state index contributed by atoms with van der Waals surface area (Å²) in [5.41, 5.74) is 7.71. The van der Waals surface area contributed by atoms with Crippen LogP contribution in [-0.2, 0) is 4.79 Å². The lowest BCUT2D eigenvalue weighted by molar-refractivity contribution is -0.123. The zero-order chi connectivity index (χ0) is 21.8. The molecule has 3 aromatic rings. The Hall–Kier alpha value is -2.68. The highest BCUT2D eigenvalue weighted by Gasteiger charge is 2.34. The fourth-order valence-corrected chi connectivity index (χ4v) is 4.39. The standard InChI is InChI=1S/C22H27ClN6O2/c23-16-3-1-2-15(12-16)18(5-11-30)28-19(31)13-22(24)6-9-29(10-7-22)21-17-4-8-25-20(17)26-14-27-21/h1-4,8,12,14,18,30H,5-7,9-11,13,24H2,(H,28,31)(H,25,26,27)/t18-/m0/s1. The second kappa shape index (κ2) is 9.21. The number of hydrogen-bond donors (Lipinski definition) is 4. The van der Waals surface area contributed by atoms with Crippen molar-refractivity contribution in [2.45, 2.75) is 37.3 Å². The fraction of sp³-hybridized carbons (Fsp3) is 0.409. The van der Waals surface area contributed by atoms with E-state index in [0.717, 1.165) is 35.5 Å². The summed E-state index contributed by atoms with van der Waals surface area (Å²) in [4.78, 5) is 26.8. The largest absolute Gasteiger partial charge is 0.396 e. The number of piperidine rings is 1. The molecule has 1 aliphatic heterocycles. The van der Waals surface area contributed by atoms with Crippen LogP contribution in [-0.4, -0.2) is 51.2 Å². The maximum absolute atomic E-state index is 12.8. The number of amides is 1. The van der Waals surface area contributed by atoms with Crippen LogP contribution in [0.4, 0.5) is 5.82 Å². The van der Waals surface area contributed by atoms with Crippen LogP contribution in [0.5, 0.6) is 0 Å². The summed E-state index contributed by atoms with van der Waals surface area (Å²) in [6.07, 6.45) is 5.41. The molecule has 0 saturated carbocycles. The van der Waals surface area contributed by atoms with Crippen molar-refractivity contribution in [3.63, 3.8) is 0 Å². The van der Waals surface area contributed by atoms with Crippen molar-refractivity contribution in [3.05, 3.63) is 53.4 Å². The number of hydrogen-bond acceptors (Lipinski definition) is 6. The lowest BCUT2D eigenvalue weighted by atomic mass is 9.85. The fourth-order valence-electron chi connectivity index (χ4n) is 4.19. The molecule has 164 valence electrons. The molecule has 0 unspecified atom stereocenters. The molecule has 0 radical (unpaired) electrons. The van der Waals surface area contributed by atoms with Crippen LogP contribution in [0.1, 0.15) is 37.3 Å². The molecule has 3 heterocycles. The first kappa shape index (κ1) is 21.5. The minimum absolute atomic E-state index is 0.0350. The van der Waals surface area contributed by atoms with Gasteiger partial charge < -0.3 is 26.0 Å². The first-order valence-electron chi connectivity index (χ1n) is 10.4. The van der Waals surface area contributed by atoms with E-state index in [1.54, 1.807) is 12.4 Å². The predicted molar refractivity (Wildman–Crippen MR) is 121 cm³/mol. The first-order chi connectivity index (χ1) is 15.0. The third-order valence-electron chi connectivity index (χ3n) is 5.91. The highest BCUT2D eigenvalue weighted by Crippen LogP contribution is 2.30. The van der Waals surface area contributed by atoms with Crippen molar-refractivity contribution < 1.29 is 9.90 Å². The minimum Gasteiger partial charge on any atom is -0.396 e. The van der Waals surface area contributed by atoms with Crippen LogP contribution in [0.25, 0.3) is 11.0 Å². The van der Waals surface area contributed by atoms with Gasteiger partial charge in [0.15, 0.2) is 0 Å². The molecule has 0 bridgehead atoms. The van der Waals surface area contributed by atoms with E-state index in [9.17, 15) is 9.90 Å². The van der Waals surface area contributed by atoms with Gasteiger partial charge in [-0.3, -0.25) is 4.79 Å². The molecule has 4 rings (SSSR count). The molecular weight excluding hydrogens is 416 g/mol. The number of anilines is 1. The first-order valence-corrected chi connectivity index (χ1v) is 10.8. The number of halogens is 1. The second-order valence-corrected chi connectivity index (χ2v) is 8.59. The van der Waals surface area contributed by atoms with Gasteiger partial charge in [-0.05, 0) is 43.0 Å². The maximum Gasteiger partial charge on any atom is 0.222 e. The van der Waals surface area contributed by atoms with Crippen molar-refractivity contribution in [2.24, 2.45) is 5.73 Å². The summed E-state index contributed by atoms with van der Waals surface area (Å²) in [7, 11) is 0. The monoisotopic (exact) mass is 442 g/mol. The quantitative estimate of drug-likeness (QED) is 0.446. The van der Waals surface area contributed by atoms with Gasteiger partial charge in [0.1, 0.15) is 17.8 Å². The van der Waals surface area contributed by atoms with Gasteiger partial charge in [-0.25, -0.2) is 9.97 Å². The SMILES string of the molecule is NC1(CC(=O)N[C@@H](CCO)c2cccc(Cl)c2)CCN(c2ncnc3[nH]ccc23)CC1. The van der Waals surface area contributed by atoms with Gasteiger partial charge in [0.2, 0.25) is 5.91 Å². The smallest absolute Gasteiger partial charge is 0.222 e. The van der Waals surface area contributed by atoms with E-state index in [0.29, 0.717) is 24.3 Å². The van der Waals surface area contributed by atoms with E-state index >= 15 is 0 Å². The summed E-state index contributed by atoms with van der Waals surface area (Å²) in [6, 6.07) is 8.99. The van der Waals surface area contributed by atoms with Crippen molar-refractivity contribution in [3.8, 4) is 0 Å². The lowest BCUT2D eigenvalue weighted by Crippen LogP contribution is -2.53. The molecule has 0 aliphatic carbocycles. The molecule has 1 atom stereocenters. The van der Waals surface area contributed by atoms with Crippen molar-refractivity contribution >= 4 is 34.4 Å². The summed E-state index contributed by atoms with van der Waals surface area (Å²) in [5, 5.41) is 14.0. The van der Waals surface area contributed by atoms with Crippen LogP contribution in [0.3, 0.4) is 0 Å². The number of nitrogens with one attached hydrogen (secondary N) is 2. The average molecular weight is 443 g/mol. The number of aliphatic hydroxyl groups is 1. The van der Waals surface area contributed by atoms with E-state index in [-0.39, 0.29) is 25.0 Å². The average Bonchev–Trinajstić information content (AvgIpc) is 3.23. The Bertz CT molecular complexity index is 1050. The molecule has 2 aromatic heterocycles. The predicted octanol–water partition coefficient (Wildman–Crippen LogP) is 2.54. The van der Waals surface area contributed by atoms with Crippen LogP contribution in [0.2, 0.25) is 5.02 Å². The molecule has 1 aliphatic rings. The Balaban J connectivity index is 1.38. The minimum atomic E-state index is -0.580. The van der Waals surface area contributed by atoms with E-state index in [1.165, 1.54) is 0 Å². The third-order valence-corrected chi connectivity index (χ3v) is 6.14. The molecule has 31 heavy (non-hydrogen) atoms. The van der Waals surface area contributed by atoms with E-state index in [1.807, 2.05) is 30.5 Å². The number of H-pyrrole nitrogens is 1. The van der Waals surface area contributed by atoms with Crippen LogP contribution in [0, 0.1) is 0 Å². The van der Waals surface area contributed by atoms with Gasteiger partial charge in [0.25, 0.3) is 0 Å². The van der Waals surface area contributed by atoms with Gasteiger partial charge in [0.05, 0.1) is 11.4 Å². The Morgan fingerprint density at radius 1 is 1.32 bits per heavy atom. The zero-order valence-electron chi connectivity index (χ0n) is 17.2. The molecule has 0 spiro atoms.